The first kappa shape index (κ1) is 18.6. The minimum Gasteiger partial charge on any atom is -0.378 e. The lowest BCUT2D eigenvalue weighted by Gasteiger charge is -2.45. The molecule has 1 aromatic carbocycles. The number of nitrogens with zero attached hydrogens (tertiary/aromatic N) is 4. The number of carbonyl (C=O) groups excluding carboxylic acids is 1. The molecule has 1 spiro atoms. The number of amides is 2. The number of halogens is 1. The summed E-state index contributed by atoms with van der Waals surface area (Å²) in [4.78, 5) is 21.4. The molecular formula is C21H26FN5O2. The summed E-state index contributed by atoms with van der Waals surface area (Å²) in [5.41, 5.74) is 1.79. The molecule has 0 aliphatic carbocycles. The quantitative estimate of drug-likeness (QED) is 0.797. The summed E-state index contributed by atoms with van der Waals surface area (Å²) in [6.07, 6.45) is 3.56. The third-order valence-corrected chi connectivity index (χ3v) is 6.39. The Bertz CT molecular complexity index is 883. The molecule has 0 saturated carbocycles. The topological polar surface area (TPSA) is 62.6 Å². The molecule has 2 fully saturated rings. The first-order valence-electron chi connectivity index (χ1n) is 10.3. The molecule has 0 radical (unpaired) electrons. The minimum absolute atomic E-state index is 0.120. The summed E-state index contributed by atoms with van der Waals surface area (Å²) < 4.78 is 20.9. The Morgan fingerprint density at radius 3 is 2.45 bits per heavy atom. The van der Waals surface area contributed by atoms with Crippen molar-refractivity contribution in [3.05, 3.63) is 42.1 Å². The number of fused-ring (bicyclic) bond motifs is 2. The third kappa shape index (κ3) is 3.30. The molecule has 4 heterocycles. The zero-order valence-electron chi connectivity index (χ0n) is 16.4. The van der Waals surface area contributed by atoms with Gasteiger partial charge >= 0.3 is 6.03 Å². The van der Waals surface area contributed by atoms with Gasteiger partial charge in [0.25, 0.3) is 0 Å². The number of ether oxygens (including phenoxy) is 1. The molecule has 3 aliphatic heterocycles. The van der Waals surface area contributed by atoms with Gasteiger partial charge in [-0.3, -0.25) is 0 Å². The number of imidazole rings is 1. The van der Waals surface area contributed by atoms with Crippen molar-refractivity contribution in [2.45, 2.75) is 24.9 Å². The lowest BCUT2D eigenvalue weighted by molar-refractivity contribution is 0.0363. The highest BCUT2D eigenvalue weighted by Gasteiger charge is 2.43. The van der Waals surface area contributed by atoms with E-state index in [0.29, 0.717) is 39.4 Å². The number of carbonyl (C=O) groups is 1. The second kappa shape index (κ2) is 7.42. The van der Waals surface area contributed by atoms with Crippen LogP contribution in [0.2, 0.25) is 0 Å². The lowest BCUT2D eigenvalue weighted by Crippen LogP contribution is -2.58. The molecule has 0 unspecified atom stereocenters. The molecule has 1 N–H and O–H groups in total. The Hall–Kier alpha value is -2.45. The van der Waals surface area contributed by atoms with E-state index in [1.165, 1.54) is 12.1 Å². The van der Waals surface area contributed by atoms with Crippen LogP contribution < -0.4 is 5.32 Å². The van der Waals surface area contributed by atoms with Gasteiger partial charge in [-0.1, -0.05) is 0 Å². The van der Waals surface area contributed by atoms with Crippen molar-refractivity contribution in [1.82, 2.24) is 24.7 Å². The molecule has 154 valence electrons. The van der Waals surface area contributed by atoms with Gasteiger partial charge in [0.1, 0.15) is 11.6 Å². The number of aromatic nitrogens is 2. The summed E-state index contributed by atoms with van der Waals surface area (Å²) in [5.74, 6) is 0.795. The summed E-state index contributed by atoms with van der Waals surface area (Å²) in [7, 11) is 0. The van der Waals surface area contributed by atoms with E-state index >= 15 is 0 Å². The van der Waals surface area contributed by atoms with Crippen LogP contribution in [0.3, 0.4) is 0 Å². The predicted molar refractivity (Wildman–Crippen MR) is 106 cm³/mol. The Kier molecular flexibility index (Phi) is 4.75. The molecule has 2 saturated heterocycles. The van der Waals surface area contributed by atoms with E-state index in [2.05, 4.69) is 9.88 Å². The summed E-state index contributed by atoms with van der Waals surface area (Å²) in [6, 6.07) is 6.70. The molecule has 29 heavy (non-hydrogen) atoms. The van der Waals surface area contributed by atoms with E-state index in [9.17, 15) is 9.18 Å². The van der Waals surface area contributed by atoms with Gasteiger partial charge in [0.2, 0.25) is 0 Å². The molecule has 2 amide bonds. The van der Waals surface area contributed by atoms with E-state index in [4.69, 9.17) is 9.72 Å². The van der Waals surface area contributed by atoms with Gasteiger partial charge in [-0.15, -0.1) is 0 Å². The van der Waals surface area contributed by atoms with E-state index in [1.807, 2.05) is 16.0 Å². The normalized spacial score (nSPS) is 21.3. The van der Waals surface area contributed by atoms with Crippen molar-refractivity contribution < 1.29 is 13.9 Å². The smallest absolute Gasteiger partial charge is 0.320 e. The number of nitrogens with one attached hydrogen (secondary N) is 1. The van der Waals surface area contributed by atoms with E-state index in [0.717, 1.165) is 43.0 Å². The fourth-order valence-corrected chi connectivity index (χ4v) is 4.76. The number of benzene rings is 1. The zero-order chi connectivity index (χ0) is 19.8. The number of likely N-dealkylation sites (tertiary alicyclic amines) is 1. The molecular weight excluding hydrogens is 373 g/mol. The number of urea groups is 1. The van der Waals surface area contributed by atoms with Crippen molar-refractivity contribution in [1.29, 1.82) is 0 Å². The van der Waals surface area contributed by atoms with Crippen LogP contribution in [0.1, 0.15) is 18.7 Å². The SMILES string of the molecule is O=C(N1CCOCC1)N1CCC2(CC1)NCCn1c(-c3ccc(F)cc3)cnc12. The van der Waals surface area contributed by atoms with Crippen molar-refractivity contribution >= 4 is 6.03 Å². The van der Waals surface area contributed by atoms with Crippen molar-refractivity contribution in [2.75, 3.05) is 45.9 Å². The van der Waals surface area contributed by atoms with Gasteiger partial charge in [-0.25, -0.2) is 14.2 Å². The predicted octanol–water partition coefficient (Wildman–Crippen LogP) is 2.04. The fraction of sp³-hybridized carbons (Fsp3) is 0.524. The number of rotatable bonds is 1. The first-order chi connectivity index (χ1) is 14.2. The molecule has 1 aromatic heterocycles. The average molecular weight is 399 g/mol. The van der Waals surface area contributed by atoms with Gasteiger partial charge in [0.15, 0.2) is 0 Å². The average Bonchev–Trinajstić information content (AvgIpc) is 3.21. The van der Waals surface area contributed by atoms with Crippen molar-refractivity contribution in [3.63, 3.8) is 0 Å². The summed E-state index contributed by atoms with van der Waals surface area (Å²) >= 11 is 0. The summed E-state index contributed by atoms with van der Waals surface area (Å²) in [5, 5.41) is 3.69. The number of hydrogen-bond acceptors (Lipinski definition) is 4. The Balaban J connectivity index is 1.35. The van der Waals surface area contributed by atoms with Gasteiger partial charge < -0.3 is 24.4 Å². The van der Waals surface area contributed by atoms with E-state index in [1.54, 1.807) is 12.1 Å². The van der Waals surface area contributed by atoms with Gasteiger partial charge in [0.05, 0.1) is 30.6 Å². The van der Waals surface area contributed by atoms with Crippen LogP contribution in [0.4, 0.5) is 9.18 Å². The number of morpholine rings is 1. The van der Waals surface area contributed by atoms with Crippen LogP contribution in [0.15, 0.2) is 30.5 Å². The third-order valence-electron chi connectivity index (χ3n) is 6.39. The second-order valence-corrected chi connectivity index (χ2v) is 8.00. The van der Waals surface area contributed by atoms with Crippen molar-refractivity contribution in [2.24, 2.45) is 0 Å². The van der Waals surface area contributed by atoms with E-state index < -0.39 is 0 Å². The molecule has 5 rings (SSSR count). The molecule has 0 bridgehead atoms. The largest absolute Gasteiger partial charge is 0.378 e. The van der Waals surface area contributed by atoms with Crippen LogP contribution in [0.5, 0.6) is 0 Å². The summed E-state index contributed by atoms with van der Waals surface area (Å²) in [6.45, 7) is 5.69. The van der Waals surface area contributed by atoms with Crippen LogP contribution >= 0.6 is 0 Å². The maximum atomic E-state index is 13.3. The van der Waals surface area contributed by atoms with Gasteiger partial charge in [-0.2, -0.15) is 0 Å². The van der Waals surface area contributed by atoms with Gasteiger partial charge in [0, 0.05) is 39.3 Å². The standard InChI is InChI=1S/C21H26FN5O2/c22-17-3-1-16(2-4-17)18-15-23-19-21(24-7-10-27(18)19)5-8-25(9-6-21)20(28)26-11-13-29-14-12-26/h1-4,15,24H,5-14H2. The molecule has 0 atom stereocenters. The van der Waals surface area contributed by atoms with Crippen molar-refractivity contribution in [3.8, 4) is 11.3 Å². The van der Waals surface area contributed by atoms with E-state index in [-0.39, 0.29) is 17.4 Å². The second-order valence-electron chi connectivity index (χ2n) is 8.00. The van der Waals surface area contributed by atoms with Crippen LogP contribution in [-0.2, 0) is 16.8 Å². The first-order valence-corrected chi connectivity index (χ1v) is 10.3. The highest BCUT2D eigenvalue weighted by molar-refractivity contribution is 5.74. The number of hydrogen-bond donors (Lipinski definition) is 1. The van der Waals surface area contributed by atoms with Gasteiger partial charge in [-0.05, 0) is 42.7 Å². The van der Waals surface area contributed by atoms with Crippen LogP contribution in [0.25, 0.3) is 11.3 Å². The van der Waals surface area contributed by atoms with Crippen LogP contribution in [0, 0.1) is 5.82 Å². The van der Waals surface area contributed by atoms with Crippen LogP contribution in [-0.4, -0.2) is 71.3 Å². The lowest BCUT2D eigenvalue weighted by atomic mass is 9.85. The Morgan fingerprint density at radius 1 is 1.03 bits per heavy atom. The molecule has 8 heteroatoms. The zero-order valence-corrected chi connectivity index (χ0v) is 16.4. The maximum absolute atomic E-state index is 13.3. The minimum atomic E-state index is -0.234. The maximum Gasteiger partial charge on any atom is 0.320 e. The molecule has 7 nitrogen and oxygen atoms in total. The highest BCUT2D eigenvalue weighted by atomic mass is 19.1. The monoisotopic (exact) mass is 399 g/mol. The highest BCUT2D eigenvalue weighted by Crippen LogP contribution is 2.37. The molecule has 3 aliphatic rings. The number of piperidine rings is 1. The Labute approximate surface area is 169 Å². The fourth-order valence-electron chi connectivity index (χ4n) is 4.76. The molecule has 2 aromatic rings. The Morgan fingerprint density at radius 2 is 1.72 bits per heavy atom.